The fraction of sp³-hybridized carbons (Fsp3) is 0.588. The van der Waals surface area contributed by atoms with Crippen molar-refractivity contribution >= 4 is 11.6 Å². The minimum atomic E-state index is -0.317. The molecule has 1 amide bonds. The molecule has 1 N–H and O–H groups in total. The summed E-state index contributed by atoms with van der Waals surface area (Å²) in [5, 5.41) is 7.01. The Labute approximate surface area is 146 Å². The number of rotatable bonds is 6. The van der Waals surface area contributed by atoms with Gasteiger partial charge in [-0.15, -0.1) is 5.10 Å². The van der Waals surface area contributed by atoms with Gasteiger partial charge < -0.3 is 10.1 Å². The molecule has 1 saturated heterocycles. The van der Waals surface area contributed by atoms with Crippen LogP contribution in [0.5, 0.6) is 0 Å². The predicted octanol–water partition coefficient (Wildman–Crippen LogP) is -0.0310. The SMILES string of the molecule is CC(C)CN1CCOC(CNC(=O)Cn2nc3ccccn3c2=O)C1. The van der Waals surface area contributed by atoms with E-state index in [9.17, 15) is 9.59 Å². The molecule has 0 radical (unpaired) electrons. The summed E-state index contributed by atoms with van der Waals surface area (Å²) < 4.78 is 8.31. The minimum Gasteiger partial charge on any atom is -0.374 e. The summed E-state index contributed by atoms with van der Waals surface area (Å²) in [5.41, 5.74) is 0.211. The quantitative estimate of drug-likeness (QED) is 0.794. The van der Waals surface area contributed by atoms with Crippen molar-refractivity contribution in [1.29, 1.82) is 0 Å². The van der Waals surface area contributed by atoms with Crippen LogP contribution in [0, 0.1) is 5.92 Å². The monoisotopic (exact) mass is 347 g/mol. The predicted molar refractivity (Wildman–Crippen MR) is 93.5 cm³/mol. The average Bonchev–Trinajstić information content (AvgIpc) is 2.89. The summed E-state index contributed by atoms with van der Waals surface area (Å²) in [6.07, 6.45) is 1.62. The number of amides is 1. The minimum absolute atomic E-state index is 0.0192. The molecule has 3 heterocycles. The van der Waals surface area contributed by atoms with Crippen LogP contribution in [0.15, 0.2) is 29.2 Å². The van der Waals surface area contributed by atoms with Gasteiger partial charge in [-0.3, -0.25) is 14.1 Å². The van der Waals surface area contributed by atoms with Gasteiger partial charge in [0.05, 0.1) is 12.7 Å². The van der Waals surface area contributed by atoms with E-state index in [1.165, 1.54) is 9.08 Å². The van der Waals surface area contributed by atoms with Gasteiger partial charge in [0.25, 0.3) is 0 Å². The highest BCUT2D eigenvalue weighted by Gasteiger charge is 2.21. The van der Waals surface area contributed by atoms with E-state index in [1.807, 2.05) is 0 Å². The molecule has 1 aliphatic rings. The van der Waals surface area contributed by atoms with Crippen LogP contribution in [0.1, 0.15) is 13.8 Å². The van der Waals surface area contributed by atoms with Crippen LogP contribution in [-0.2, 0) is 16.1 Å². The molecule has 0 aromatic carbocycles. The lowest BCUT2D eigenvalue weighted by molar-refractivity contribution is -0.123. The third kappa shape index (κ3) is 4.46. The fourth-order valence-corrected chi connectivity index (χ4v) is 3.08. The van der Waals surface area contributed by atoms with E-state index in [0.29, 0.717) is 24.7 Å². The Morgan fingerprint density at radius 2 is 2.28 bits per heavy atom. The molecular weight excluding hydrogens is 322 g/mol. The number of carbonyl (C=O) groups excluding carboxylic acids is 1. The lowest BCUT2D eigenvalue weighted by atomic mass is 10.2. The molecule has 1 aliphatic heterocycles. The maximum Gasteiger partial charge on any atom is 0.350 e. The normalized spacial score (nSPS) is 18.8. The maximum atomic E-state index is 12.2. The van der Waals surface area contributed by atoms with Crippen molar-refractivity contribution in [2.75, 3.05) is 32.8 Å². The van der Waals surface area contributed by atoms with Gasteiger partial charge in [-0.1, -0.05) is 19.9 Å². The molecule has 136 valence electrons. The first kappa shape index (κ1) is 17.6. The van der Waals surface area contributed by atoms with Crippen molar-refractivity contribution in [2.45, 2.75) is 26.5 Å². The first-order chi connectivity index (χ1) is 12.0. The molecule has 8 nitrogen and oxygen atoms in total. The summed E-state index contributed by atoms with van der Waals surface area (Å²) in [5.74, 6) is 0.366. The number of nitrogens with one attached hydrogen (secondary N) is 1. The van der Waals surface area contributed by atoms with Gasteiger partial charge in [0.2, 0.25) is 5.91 Å². The number of hydrogen-bond acceptors (Lipinski definition) is 5. The van der Waals surface area contributed by atoms with Crippen LogP contribution in [-0.4, -0.2) is 63.9 Å². The number of carbonyl (C=O) groups is 1. The smallest absolute Gasteiger partial charge is 0.350 e. The zero-order chi connectivity index (χ0) is 17.8. The fourth-order valence-electron chi connectivity index (χ4n) is 3.08. The zero-order valence-electron chi connectivity index (χ0n) is 14.7. The third-order valence-electron chi connectivity index (χ3n) is 4.15. The molecule has 25 heavy (non-hydrogen) atoms. The Morgan fingerprint density at radius 3 is 3.04 bits per heavy atom. The van der Waals surface area contributed by atoms with E-state index >= 15 is 0 Å². The Kier molecular flexibility index (Phi) is 5.50. The van der Waals surface area contributed by atoms with Crippen molar-refractivity contribution in [1.82, 2.24) is 24.4 Å². The maximum absolute atomic E-state index is 12.2. The highest BCUT2D eigenvalue weighted by molar-refractivity contribution is 5.75. The van der Waals surface area contributed by atoms with Gasteiger partial charge >= 0.3 is 5.69 Å². The molecule has 2 aromatic rings. The Balaban J connectivity index is 1.52. The van der Waals surface area contributed by atoms with Crippen LogP contribution in [0.4, 0.5) is 0 Å². The highest BCUT2D eigenvalue weighted by atomic mass is 16.5. The lowest BCUT2D eigenvalue weighted by Crippen LogP contribution is -2.48. The molecule has 0 bridgehead atoms. The van der Waals surface area contributed by atoms with Crippen LogP contribution in [0.25, 0.3) is 5.65 Å². The number of nitrogens with zero attached hydrogens (tertiary/aromatic N) is 4. The Morgan fingerprint density at radius 1 is 1.44 bits per heavy atom. The second-order valence-corrected chi connectivity index (χ2v) is 6.82. The van der Waals surface area contributed by atoms with E-state index in [-0.39, 0.29) is 24.2 Å². The molecule has 1 atom stereocenters. The first-order valence-electron chi connectivity index (χ1n) is 8.68. The number of pyridine rings is 1. The van der Waals surface area contributed by atoms with Crippen molar-refractivity contribution in [3.63, 3.8) is 0 Å². The van der Waals surface area contributed by atoms with Crippen molar-refractivity contribution in [3.05, 3.63) is 34.9 Å². The van der Waals surface area contributed by atoms with E-state index in [4.69, 9.17) is 4.74 Å². The van der Waals surface area contributed by atoms with Crippen molar-refractivity contribution in [3.8, 4) is 0 Å². The first-order valence-corrected chi connectivity index (χ1v) is 8.68. The van der Waals surface area contributed by atoms with E-state index in [0.717, 1.165) is 19.6 Å². The summed E-state index contributed by atoms with van der Waals surface area (Å²) in [6, 6.07) is 5.29. The largest absolute Gasteiger partial charge is 0.374 e. The Bertz CT molecular complexity index is 782. The number of ether oxygens (including phenoxy) is 1. The van der Waals surface area contributed by atoms with Crippen molar-refractivity contribution < 1.29 is 9.53 Å². The van der Waals surface area contributed by atoms with Crippen LogP contribution in [0.2, 0.25) is 0 Å². The van der Waals surface area contributed by atoms with Gasteiger partial charge in [0.15, 0.2) is 5.65 Å². The van der Waals surface area contributed by atoms with Gasteiger partial charge in [0, 0.05) is 32.4 Å². The van der Waals surface area contributed by atoms with E-state index in [1.54, 1.807) is 24.4 Å². The van der Waals surface area contributed by atoms with Crippen molar-refractivity contribution in [2.24, 2.45) is 5.92 Å². The number of fused-ring (bicyclic) bond motifs is 1. The second-order valence-electron chi connectivity index (χ2n) is 6.82. The number of hydrogen-bond donors (Lipinski definition) is 1. The van der Waals surface area contributed by atoms with Crippen LogP contribution < -0.4 is 11.0 Å². The molecule has 0 saturated carbocycles. The van der Waals surface area contributed by atoms with Gasteiger partial charge in [-0.25, -0.2) is 9.48 Å². The highest BCUT2D eigenvalue weighted by Crippen LogP contribution is 2.07. The van der Waals surface area contributed by atoms with Crippen LogP contribution in [0.3, 0.4) is 0 Å². The summed E-state index contributed by atoms with van der Waals surface area (Å²) in [6.45, 7) is 8.19. The molecule has 2 aromatic heterocycles. The number of aromatic nitrogens is 3. The number of morpholine rings is 1. The third-order valence-corrected chi connectivity index (χ3v) is 4.15. The second kappa shape index (κ2) is 7.79. The van der Waals surface area contributed by atoms with Gasteiger partial charge in [0.1, 0.15) is 6.54 Å². The molecule has 0 spiro atoms. The average molecular weight is 347 g/mol. The molecule has 1 fully saturated rings. The topological polar surface area (TPSA) is 80.9 Å². The summed E-state index contributed by atoms with van der Waals surface area (Å²) in [4.78, 5) is 26.7. The van der Waals surface area contributed by atoms with Gasteiger partial charge in [-0.2, -0.15) is 0 Å². The van der Waals surface area contributed by atoms with Crippen LogP contribution >= 0.6 is 0 Å². The molecule has 8 heteroatoms. The molecule has 0 aliphatic carbocycles. The molecule has 1 unspecified atom stereocenters. The van der Waals surface area contributed by atoms with Gasteiger partial charge in [-0.05, 0) is 18.1 Å². The standard InChI is InChI=1S/C17H25N5O3/c1-13(2)10-20-7-8-25-14(11-20)9-18-16(23)12-22-17(24)21-6-4-3-5-15(21)19-22/h3-6,13-14H,7-12H2,1-2H3,(H,18,23). The summed E-state index contributed by atoms with van der Waals surface area (Å²) in [7, 11) is 0. The molecule has 3 rings (SSSR count). The summed E-state index contributed by atoms with van der Waals surface area (Å²) >= 11 is 0. The van der Waals surface area contributed by atoms with E-state index in [2.05, 4.69) is 29.2 Å². The molecular formula is C17H25N5O3. The Hall–Kier alpha value is -2.19. The lowest BCUT2D eigenvalue weighted by Gasteiger charge is -2.33. The van der Waals surface area contributed by atoms with E-state index < -0.39 is 0 Å². The zero-order valence-corrected chi connectivity index (χ0v) is 14.7.